The fraction of sp³-hybridized carbons (Fsp3) is 0.467. The minimum Gasteiger partial charge on any atom is -0.479 e. The van der Waals surface area contributed by atoms with Gasteiger partial charge in [-0.3, -0.25) is 4.79 Å². The van der Waals surface area contributed by atoms with Gasteiger partial charge in [-0.05, 0) is 19.4 Å². The van der Waals surface area contributed by atoms with Crippen LogP contribution in [0.5, 0.6) is 0 Å². The number of carboxylic acids is 1. The molecular weight excluding hydrogens is 258 g/mol. The summed E-state index contributed by atoms with van der Waals surface area (Å²) < 4.78 is 5.13. The largest absolute Gasteiger partial charge is 0.479 e. The van der Waals surface area contributed by atoms with Gasteiger partial charge in [0.2, 0.25) is 5.91 Å². The maximum atomic E-state index is 12.0. The molecule has 20 heavy (non-hydrogen) atoms. The van der Waals surface area contributed by atoms with Crippen molar-refractivity contribution in [1.82, 2.24) is 4.90 Å². The fourth-order valence-electron chi connectivity index (χ4n) is 2.58. The molecule has 1 unspecified atom stereocenters. The van der Waals surface area contributed by atoms with Crippen LogP contribution in [-0.4, -0.2) is 41.6 Å². The van der Waals surface area contributed by atoms with Crippen molar-refractivity contribution in [3.8, 4) is 0 Å². The highest BCUT2D eigenvalue weighted by Gasteiger charge is 2.48. The lowest BCUT2D eigenvalue weighted by atomic mass is 9.87. The fourth-order valence-corrected chi connectivity index (χ4v) is 2.58. The molecule has 0 fully saturated rings. The summed E-state index contributed by atoms with van der Waals surface area (Å²) in [6.07, 6.45) is 0. The monoisotopic (exact) mass is 279 g/mol. The molecule has 0 spiro atoms. The van der Waals surface area contributed by atoms with Crippen molar-refractivity contribution in [1.29, 1.82) is 0 Å². The summed E-state index contributed by atoms with van der Waals surface area (Å²) >= 11 is 0. The molecule has 1 N–H and O–H groups in total. The molecule has 0 aliphatic heterocycles. The maximum Gasteiger partial charge on any atom is 0.336 e. The average Bonchev–Trinajstić information content (AvgIpc) is 2.37. The molecule has 1 amide bonds. The number of hydrogen-bond donors (Lipinski definition) is 1. The lowest BCUT2D eigenvalue weighted by molar-refractivity contribution is -0.166. The highest BCUT2D eigenvalue weighted by atomic mass is 16.5. The number of ether oxygens (including phenoxy) is 1. The number of carbonyl (C=O) groups is 2. The topological polar surface area (TPSA) is 66.8 Å². The van der Waals surface area contributed by atoms with E-state index >= 15 is 0 Å². The molecule has 0 saturated carbocycles. The first-order chi connectivity index (χ1) is 9.37. The van der Waals surface area contributed by atoms with Crippen molar-refractivity contribution in [2.75, 3.05) is 13.7 Å². The molecule has 1 aromatic rings. The van der Waals surface area contributed by atoms with Gasteiger partial charge in [0.05, 0.1) is 6.61 Å². The molecule has 0 aliphatic rings. The molecule has 0 bridgehead atoms. The first kappa shape index (κ1) is 16.2. The second-order valence-corrected chi connectivity index (χ2v) is 4.95. The Balaban J connectivity index is 3.54. The Morgan fingerprint density at radius 3 is 2.20 bits per heavy atom. The summed E-state index contributed by atoms with van der Waals surface area (Å²) in [6, 6.07) is 8.44. The molecule has 1 rings (SSSR count). The van der Waals surface area contributed by atoms with E-state index in [0.29, 0.717) is 5.56 Å². The van der Waals surface area contributed by atoms with Crippen molar-refractivity contribution in [3.63, 3.8) is 0 Å². The quantitative estimate of drug-likeness (QED) is 0.863. The van der Waals surface area contributed by atoms with Crippen molar-refractivity contribution in [2.24, 2.45) is 0 Å². The van der Waals surface area contributed by atoms with Crippen LogP contribution in [0.1, 0.15) is 26.3 Å². The third kappa shape index (κ3) is 2.82. The highest BCUT2D eigenvalue weighted by molar-refractivity contribution is 5.87. The van der Waals surface area contributed by atoms with Crippen LogP contribution in [0.4, 0.5) is 0 Å². The molecule has 0 saturated heterocycles. The smallest absolute Gasteiger partial charge is 0.336 e. The van der Waals surface area contributed by atoms with Crippen LogP contribution in [-0.2, 0) is 19.9 Å². The van der Waals surface area contributed by atoms with Crippen LogP contribution in [0.25, 0.3) is 0 Å². The van der Waals surface area contributed by atoms with Gasteiger partial charge < -0.3 is 14.7 Å². The molecule has 1 atom stereocenters. The number of hydrogen-bond acceptors (Lipinski definition) is 3. The zero-order chi connectivity index (χ0) is 15.3. The Kier molecular flexibility index (Phi) is 5.27. The summed E-state index contributed by atoms with van der Waals surface area (Å²) in [7, 11) is 1.43. The maximum absolute atomic E-state index is 12.0. The van der Waals surface area contributed by atoms with Crippen LogP contribution in [0.2, 0.25) is 0 Å². The number of carbonyl (C=O) groups excluding carboxylic acids is 1. The van der Waals surface area contributed by atoms with E-state index in [4.69, 9.17) is 4.74 Å². The van der Waals surface area contributed by atoms with Crippen molar-refractivity contribution < 1.29 is 19.4 Å². The van der Waals surface area contributed by atoms with E-state index < -0.39 is 11.5 Å². The molecule has 0 aliphatic carbocycles. The second kappa shape index (κ2) is 6.52. The Labute approximate surface area is 119 Å². The van der Waals surface area contributed by atoms with Crippen LogP contribution in [0.3, 0.4) is 0 Å². The van der Waals surface area contributed by atoms with Gasteiger partial charge in [-0.2, -0.15) is 0 Å². The molecule has 110 valence electrons. The highest BCUT2D eigenvalue weighted by Crippen LogP contribution is 2.31. The predicted octanol–water partition coefficient (Wildman–Crippen LogP) is 1.87. The Bertz CT molecular complexity index is 472. The van der Waals surface area contributed by atoms with E-state index in [2.05, 4.69) is 0 Å². The lowest BCUT2D eigenvalue weighted by Gasteiger charge is -2.42. The molecule has 5 nitrogen and oxygen atoms in total. The number of methoxy groups -OCH3 is 1. The summed E-state index contributed by atoms with van der Waals surface area (Å²) in [5.74, 6) is -1.40. The molecule has 5 heteroatoms. The van der Waals surface area contributed by atoms with Gasteiger partial charge in [-0.25, -0.2) is 4.79 Å². The minimum absolute atomic E-state index is 0.107. The Morgan fingerprint density at radius 1 is 1.30 bits per heavy atom. The number of aliphatic carboxylic acids is 1. The summed E-state index contributed by atoms with van der Waals surface area (Å²) in [5.41, 5.74) is -0.992. The normalized spacial score (nSPS) is 13.8. The zero-order valence-electron chi connectivity index (χ0n) is 12.3. The van der Waals surface area contributed by atoms with Crippen LogP contribution >= 0.6 is 0 Å². The van der Waals surface area contributed by atoms with Gasteiger partial charge in [0, 0.05) is 20.1 Å². The van der Waals surface area contributed by atoms with Gasteiger partial charge in [0.25, 0.3) is 0 Å². The second-order valence-electron chi connectivity index (χ2n) is 4.95. The number of benzene rings is 1. The van der Waals surface area contributed by atoms with Crippen LogP contribution < -0.4 is 0 Å². The number of amides is 1. The van der Waals surface area contributed by atoms with Gasteiger partial charge in [-0.15, -0.1) is 0 Å². The van der Waals surface area contributed by atoms with Gasteiger partial charge in [-0.1, -0.05) is 30.3 Å². The van der Waals surface area contributed by atoms with Gasteiger partial charge in [0.1, 0.15) is 0 Å². The Hall–Kier alpha value is -1.88. The van der Waals surface area contributed by atoms with Crippen LogP contribution in [0, 0.1) is 0 Å². The molecule has 1 aromatic carbocycles. The average molecular weight is 279 g/mol. The van der Waals surface area contributed by atoms with E-state index in [0.717, 1.165) is 0 Å². The van der Waals surface area contributed by atoms with Crippen molar-refractivity contribution in [3.05, 3.63) is 35.9 Å². The standard InChI is InChI=1S/C15H21NO4/c1-11(2)16(12(3)17)15(10-20-4,14(18)19)13-8-6-5-7-9-13/h5-9,11H,10H2,1-4H3,(H,18,19). The Morgan fingerprint density at radius 2 is 1.85 bits per heavy atom. The SMILES string of the molecule is COCC(C(=O)O)(c1ccccc1)N(C(C)=O)C(C)C. The number of carboxylic acid groups (broad SMARTS) is 1. The zero-order valence-corrected chi connectivity index (χ0v) is 12.3. The molecule has 0 aromatic heterocycles. The van der Waals surface area contributed by atoms with E-state index in [1.165, 1.54) is 18.9 Å². The summed E-state index contributed by atoms with van der Waals surface area (Å²) in [5, 5.41) is 9.80. The summed E-state index contributed by atoms with van der Waals surface area (Å²) in [4.78, 5) is 25.3. The van der Waals surface area contributed by atoms with E-state index in [1.807, 2.05) is 0 Å². The summed E-state index contributed by atoms with van der Waals surface area (Å²) in [6.45, 7) is 4.84. The first-order valence-electron chi connectivity index (χ1n) is 6.45. The third-order valence-corrected chi connectivity index (χ3v) is 3.23. The molecule has 0 heterocycles. The van der Waals surface area contributed by atoms with Crippen LogP contribution in [0.15, 0.2) is 30.3 Å². The lowest BCUT2D eigenvalue weighted by Crippen LogP contribution is -2.59. The van der Waals surface area contributed by atoms with E-state index in [-0.39, 0.29) is 18.6 Å². The number of nitrogens with zero attached hydrogens (tertiary/aromatic N) is 1. The third-order valence-electron chi connectivity index (χ3n) is 3.23. The van der Waals surface area contributed by atoms with Gasteiger partial charge >= 0.3 is 5.97 Å². The molecular formula is C15H21NO4. The van der Waals surface area contributed by atoms with E-state index in [9.17, 15) is 14.7 Å². The van der Waals surface area contributed by atoms with Gasteiger partial charge in [0.15, 0.2) is 5.54 Å². The number of rotatable bonds is 6. The van der Waals surface area contributed by atoms with Crippen molar-refractivity contribution >= 4 is 11.9 Å². The van der Waals surface area contributed by atoms with E-state index in [1.54, 1.807) is 44.2 Å². The predicted molar refractivity (Wildman–Crippen MR) is 75.3 cm³/mol. The van der Waals surface area contributed by atoms with Crippen molar-refractivity contribution in [2.45, 2.75) is 32.4 Å². The first-order valence-corrected chi connectivity index (χ1v) is 6.45. The molecule has 0 radical (unpaired) electrons. The minimum atomic E-state index is -1.52.